The van der Waals surface area contributed by atoms with Crippen LogP contribution in [0.3, 0.4) is 0 Å². The SMILES string of the molecule is Cc1ccc(COc2cc(F)cc(Oc3ccc(-c4nn(C5CCOCC5)c5ncnc(N)c45)cc3)c2)[nH]1.Cc1ccc(COc2cc(F)cc(Oc3ccc(-c4nn(CC(C)(C)O)c5ncnc(N)c45)cc3)c2)s1.Cc1ncc(COc2cc(F)cc(Oc3ccc(-c4nn(CCO)c5ncnc(N)c45)cc3)c2)n1C.Cn1cccc1COc1cc(F)cc(Oc2ccc(-c3nn(CCCO)c4ncnc(N)c34)cc2)c1. The largest absolute Gasteiger partial charge is 0.488 e. The number of benzene rings is 8. The van der Waals surface area contributed by atoms with Crippen LogP contribution in [0, 0.1) is 44.0 Å². The van der Waals surface area contributed by atoms with E-state index < -0.39 is 28.9 Å². The molecule has 0 bridgehead atoms. The number of ether oxygens (including phenoxy) is 9. The van der Waals surface area contributed by atoms with Crippen molar-refractivity contribution in [3.8, 4) is 114 Å². The minimum atomic E-state index is -0.996. The molecule has 0 spiro atoms. The van der Waals surface area contributed by atoms with Gasteiger partial charge < -0.3 is 95.0 Å². The Morgan fingerprint density at radius 2 is 0.816 bits per heavy atom. The van der Waals surface area contributed by atoms with Crippen LogP contribution < -0.4 is 60.8 Å². The van der Waals surface area contributed by atoms with Crippen molar-refractivity contribution in [1.29, 1.82) is 0 Å². The van der Waals surface area contributed by atoms with E-state index in [1.54, 1.807) is 106 Å². The summed E-state index contributed by atoms with van der Waals surface area (Å²) in [7, 11) is 3.82. The Labute approximate surface area is 842 Å². The smallest absolute Gasteiger partial charge is 0.164 e. The Hall–Kier alpha value is -17.4. The molecular formula is C106H102F4N24O12S. The maximum atomic E-state index is 14.3. The molecule has 20 aromatic rings. The second kappa shape index (κ2) is 44.6. The predicted molar refractivity (Wildman–Crippen MR) is 546 cm³/mol. The highest BCUT2D eigenvalue weighted by Crippen LogP contribution is 2.42. The van der Waals surface area contributed by atoms with Crippen molar-refractivity contribution in [3.05, 3.63) is 306 Å². The van der Waals surface area contributed by atoms with E-state index in [1.807, 2.05) is 152 Å². The number of rotatable bonds is 32. The van der Waals surface area contributed by atoms with Crippen molar-refractivity contribution in [1.82, 2.24) is 98.1 Å². The predicted octanol–water partition coefficient (Wildman–Crippen LogP) is 19.2. The second-order valence-electron chi connectivity index (χ2n) is 35.0. The number of halogens is 4. The molecule has 21 rings (SSSR count). The van der Waals surface area contributed by atoms with Gasteiger partial charge in [0, 0.05) is 157 Å². The van der Waals surface area contributed by atoms with Crippen LogP contribution in [0.4, 0.5) is 40.8 Å². The van der Waals surface area contributed by atoms with Crippen molar-refractivity contribution in [2.45, 2.75) is 112 Å². The normalized spacial score (nSPS) is 12.1. The molecule has 0 saturated carbocycles. The molecule has 0 atom stereocenters. The van der Waals surface area contributed by atoms with Crippen molar-refractivity contribution in [2.24, 2.45) is 14.1 Å². The number of nitrogens with zero attached hydrogens (tertiary/aromatic N) is 19. The van der Waals surface area contributed by atoms with Crippen LogP contribution in [0.15, 0.2) is 244 Å². The van der Waals surface area contributed by atoms with Crippen molar-refractivity contribution in [2.75, 3.05) is 49.4 Å². The van der Waals surface area contributed by atoms with Gasteiger partial charge >= 0.3 is 0 Å². The third kappa shape index (κ3) is 24.2. The summed E-state index contributed by atoms with van der Waals surface area (Å²) in [5, 5.41) is 50.2. The Kier molecular flexibility index (Phi) is 30.3. The highest BCUT2D eigenvalue weighted by atomic mass is 32.1. The zero-order valence-electron chi connectivity index (χ0n) is 80.8. The van der Waals surface area contributed by atoms with Crippen LogP contribution in [-0.4, -0.2) is 145 Å². The summed E-state index contributed by atoms with van der Waals surface area (Å²) < 4.78 is 120. The first kappa shape index (κ1) is 99.7. The molecule has 0 radical (unpaired) electrons. The lowest BCUT2D eigenvalue weighted by molar-refractivity contribution is 0.0590. The van der Waals surface area contributed by atoms with Gasteiger partial charge in [-0.2, -0.15) is 20.4 Å². The number of aryl methyl sites for hydroxylation is 5. The summed E-state index contributed by atoms with van der Waals surface area (Å²) in [6.45, 7) is 12.8. The van der Waals surface area contributed by atoms with Crippen molar-refractivity contribution >= 4 is 78.7 Å². The van der Waals surface area contributed by atoms with Crippen LogP contribution >= 0.6 is 11.3 Å². The van der Waals surface area contributed by atoms with Gasteiger partial charge in [-0.3, -0.25) is 0 Å². The average Bonchev–Trinajstić information content (AvgIpc) is 1.61. The summed E-state index contributed by atoms with van der Waals surface area (Å²) in [5.74, 6) is 5.17. The number of imidazole rings is 1. The third-order valence-corrected chi connectivity index (χ3v) is 24.5. The molecule has 1 aliphatic heterocycles. The standard InChI is InChI=1S/C28H27FN6O3.C27H26FN5O3S.C26H25FN6O3.C25H24FN7O3/c1-17-2-5-20(33-17)15-37-23-12-19(29)13-24(14-23)38-22-6-3-18(4-7-22)26-25-27(30)31-16-32-28(25)35(34-26)21-8-10-36-11-9-21;1-16-4-9-22(37-16)13-35-20-10-18(28)11-21(12-20)36-19-7-5-17(6-8-19)24-23-25(29)30-15-31-26(23)33(32-24)14-27(2,3)34;1-32-9-2-4-19(32)15-35-21-12-18(27)13-22(14-21)36-20-7-5-17(6-8-20)24-23-25(28)29-16-30-26(23)33(31-24)10-3-11-34;1-15-28-12-18(32(15)2)13-35-20-9-17(26)10-21(11-20)36-19-5-3-16(4-6-19)23-22-24(27)29-14-30-25(22)33(31-23)7-8-34/h2-7,12-14,16,21,33H,8-11,15H2,1H3,(H2,30,31,32);4-12,15,34H,13-14H2,1-3H3,(H2,29,30,31);2,4-9,12-14,16,34H,3,10-11,15H2,1H3,(H2,28,29,30);3-6,9-12,14,34H,7-8,13H2,1-2H3,(H2,27,29,30). The maximum absolute atomic E-state index is 14.3. The highest BCUT2D eigenvalue weighted by molar-refractivity contribution is 7.11. The number of hydrogen-bond acceptors (Lipinski definition) is 30. The number of hydrogen-bond donors (Lipinski definition) is 8. The molecule has 41 heteroatoms. The molecule has 8 aromatic carbocycles. The summed E-state index contributed by atoms with van der Waals surface area (Å²) >= 11 is 1.64. The summed E-state index contributed by atoms with van der Waals surface area (Å²) in [5.41, 5.74) is 35.5. The quantitative estimate of drug-likeness (QED) is 0.0182. The molecule has 0 aliphatic carbocycles. The van der Waals surface area contributed by atoms with E-state index in [2.05, 4.69) is 65.1 Å². The zero-order valence-corrected chi connectivity index (χ0v) is 81.6. The van der Waals surface area contributed by atoms with Gasteiger partial charge in [-0.1, -0.05) is 0 Å². The van der Waals surface area contributed by atoms with Gasteiger partial charge in [0.25, 0.3) is 0 Å². The first-order chi connectivity index (χ1) is 71.1. The first-order valence-corrected chi connectivity index (χ1v) is 47.5. The van der Waals surface area contributed by atoms with E-state index in [9.17, 15) is 32.9 Å². The number of aliphatic hydroxyl groups excluding tert-OH is 2. The minimum absolute atomic E-state index is 0.0439. The molecule has 0 unspecified atom stereocenters. The molecule has 36 nitrogen and oxygen atoms in total. The lowest BCUT2D eigenvalue weighted by atomic mass is 10.1. The zero-order chi connectivity index (χ0) is 103. The number of aliphatic hydroxyl groups is 3. The van der Waals surface area contributed by atoms with Gasteiger partial charge in [0.1, 0.15) is 196 Å². The van der Waals surface area contributed by atoms with Crippen LogP contribution in [-0.2, 0) is 64.9 Å². The molecule has 1 saturated heterocycles. The monoisotopic (exact) mass is 2010 g/mol. The molecule has 147 heavy (non-hydrogen) atoms. The number of anilines is 4. The lowest BCUT2D eigenvalue weighted by Gasteiger charge is -2.22. The van der Waals surface area contributed by atoms with Crippen molar-refractivity contribution in [3.63, 3.8) is 0 Å². The van der Waals surface area contributed by atoms with Gasteiger partial charge in [-0.05, 0) is 187 Å². The molecule has 12 aromatic heterocycles. The Balaban J connectivity index is 0.000000128. The van der Waals surface area contributed by atoms with E-state index in [-0.39, 0.29) is 39.0 Å². The Morgan fingerprint density at radius 3 is 1.20 bits per heavy atom. The van der Waals surface area contributed by atoms with Gasteiger partial charge in [0.15, 0.2) is 22.6 Å². The number of thiophene rings is 1. The van der Waals surface area contributed by atoms with E-state index in [1.165, 1.54) is 78.7 Å². The molecule has 752 valence electrons. The van der Waals surface area contributed by atoms with Gasteiger partial charge in [-0.25, -0.2) is 81.1 Å². The van der Waals surface area contributed by atoms with Gasteiger partial charge in [0.05, 0.1) is 76.2 Å². The summed E-state index contributed by atoms with van der Waals surface area (Å²) in [6.07, 6.45) is 11.5. The highest BCUT2D eigenvalue weighted by Gasteiger charge is 2.28. The van der Waals surface area contributed by atoms with Crippen molar-refractivity contribution < 1.29 is 75.5 Å². The van der Waals surface area contributed by atoms with Gasteiger partial charge in [-0.15, -0.1) is 11.3 Å². The fourth-order valence-corrected chi connectivity index (χ4v) is 17.1. The van der Waals surface area contributed by atoms with E-state index in [0.717, 1.165) is 74.0 Å². The third-order valence-electron chi connectivity index (χ3n) is 23.5. The Morgan fingerprint density at radius 1 is 0.422 bits per heavy atom. The number of aromatic nitrogens is 20. The summed E-state index contributed by atoms with van der Waals surface area (Å²) in [4.78, 5) is 43.5. The number of fused-ring (bicyclic) bond motifs is 4. The Bertz CT molecular complexity index is 8020. The number of H-pyrrole nitrogens is 1. The maximum Gasteiger partial charge on any atom is 0.164 e. The van der Waals surface area contributed by atoms with E-state index in [4.69, 9.17) is 70.7 Å². The second-order valence-corrected chi connectivity index (χ2v) is 36.4. The van der Waals surface area contributed by atoms with E-state index in [0.29, 0.717) is 200 Å². The fraction of sp³-hybridized carbons (Fsp3) is 0.217. The lowest BCUT2D eigenvalue weighted by Crippen LogP contribution is -2.26. The minimum Gasteiger partial charge on any atom is -0.488 e. The topological polar surface area (TPSA) is 461 Å². The van der Waals surface area contributed by atoms with Crippen LogP contribution in [0.25, 0.3) is 89.2 Å². The summed E-state index contributed by atoms with van der Waals surface area (Å²) in [6, 6.07) is 58.0. The van der Waals surface area contributed by atoms with Gasteiger partial charge in [0.2, 0.25) is 0 Å². The van der Waals surface area contributed by atoms with Crippen LogP contribution in [0.2, 0.25) is 0 Å². The first-order valence-electron chi connectivity index (χ1n) is 46.7. The molecule has 0 amide bonds. The number of nitrogens with one attached hydrogen (secondary N) is 1. The molecule has 12 N–H and O–H groups in total. The van der Waals surface area contributed by atoms with Crippen LogP contribution in [0.5, 0.6) is 69.0 Å². The number of aromatic amines is 1. The molecular weight excluding hydrogens is 1910 g/mol. The molecule has 13 heterocycles. The molecule has 1 aliphatic rings. The van der Waals surface area contributed by atoms with E-state index >= 15 is 0 Å². The van der Waals surface area contributed by atoms with Crippen LogP contribution in [0.1, 0.15) is 77.5 Å². The molecule has 1 fully saturated rings. The number of nitrogen functional groups attached to an aromatic ring is 4. The fourth-order valence-electron chi connectivity index (χ4n) is 16.3. The average molecular weight is 2010 g/mol. The number of nitrogens with two attached hydrogens (primary N) is 4.